The van der Waals surface area contributed by atoms with Gasteiger partial charge in [-0.05, 0) is 31.7 Å². The predicted molar refractivity (Wildman–Crippen MR) is 59.5 cm³/mol. The van der Waals surface area contributed by atoms with Crippen LogP contribution in [0.5, 0.6) is 0 Å². The molecule has 0 spiro atoms. The van der Waals surface area contributed by atoms with E-state index in [0.29, 0.717) is 5.95 Å². The summed E-state index contributed by atoms with van der Waals surface area (Å²) in [7, 11) is 0. The minimum absolute atomic E-state index is 0.0306. The predicted octanol–water partition coefficient (Wildman–Crippen LogP) is 1.92. The van der Waals surface area contributed by atoms with Gasteiger partial charge in [-0.3, -0.25) is 0 Å². The highest BCUT2D eigenvalue weighted by Crippen LogP contribution is 2.37. The van der Waals surface area contributed by atoms with Crippen molar-refractivity contribution in [3.05, 3.63) is 18.0 Å². The van der Waals surface area contributed by atoms with E-state index in [2.05, 4.69) is 22.2 Å². The molecule has 1 aliphatic carbocycles. The first kappa shape index (κ1) is 10.9. The molecule has 86 valence electrons. The summed E-state index contributed by atoms with van der Waals surface area (Å²) in [5, 5.41) is 12.1. The minimum Gasteiger partial charge on any atom is -0.477 e. The summed E-state index contributed by atoms with van der Waals surface area (Å²) in [5.41, 5.74) is 0.111. The molecule has 2 rings (SSSR count). The number of carboxylic acids is 1. The van der Waals surface area contributed by atoms with Crippen LogP contribution in [0.4, 0.5) is 5.95 Å². The Hall–Kier alpha value is -1.65. The molecule has 0 saturated heterocycles. The zero-order chi connectivity index (χ0) is 11.6. The third-order valence-corrected chi connectivity index (χ3v) is 3.24. The van der Waals surface area contributed by atoms with Crippen LogP contribution in [-0.2, 0) is 0 Å². The number of anilines is 1. The van der Waals surface area contributed by atoms with Crippen molar-refractivity contribution in [3.63, 3.8) is 0 Å². The largest absolute Gasteiger partial charge is 0.477 e. The summed E-state index contributed by atoms with van der Waals surface area (Å²) in [6.45, 7) is 2.12. The van der Waals surface area contributed by atoms with Gasteiger partial charge in [-0.15, -0.1) is 0 Å². The monoisotopic (exact) mass is 221 g/mol. The maximum absolute atomic E-state index is 10.8. The van der Waals surface area contributed by atoms with Gasteiger partial charge in [0, 0.05) is 11.7 Å². The first-order chi connectivity index (χ1) is 7.65. The van der Waals surface area contributed by atoms with E-state index in [0.717, 1.165) is 19.3 Å². The molecule has 2 N–H and O–H groups in total. The Bertz CT molecular complexity index is 396. The lowest BCUT2D eigenvalue weighted by atomic mass is 9.75. The van der Waals surface area contributed by atoms with Gasteiger partial charge in [0.15, 0.2) is 5.69 Å². The molecule has 0 amide bonds. The number of carboxylic acid groups (broad SMARTS) is 1. The quantitative estimate of drug-likeness (QED) is 0.812. The number of aromatic carboxylic acids is 1. The number of hydrogen-bond acceptors (Lipinski definition) is 4. The van der Waals surface area contributed by atoms with Gasteiger partial charge in [0.2, 0.25) is 5.95 Å². The number of rotatable bonds is 4. The van der Waals surface area contributed by atoms with Crippen molar-refractivity contribution >= 4 is 11.9 Å². The third-order valence-electron chi connectivity index (χ3n) is 3.24. The summed E-state index contributed by atoms with van der Waals surface area (Å²) in [6.07, 6.45) is 5.89. The van der Waals surface area contributed by atoms with Crippen LogP contribution in [0.3, 0.4) is 0 Å². The Morgan fingerprint density at radius 1 is 1.62 bits per heavy atom. The molecule has 1 aliphatic rings. The lowest BCUT2D eigenvalue weighted by Gasteiger charge is -2.41. The van der Waals surface area contributed by atoms with Gasteiger partial charge >= 0.3 is 5.97 Å². The number of nitrogens with zero attached hydrogens (tertiary/aromatic N) is 2. The van der Waals surface area contributed by atoms with Crippen LogP contribution >= 0.6 is 0 Å². The molecule has 1 saturated carbocycles. The molecule has 1 fully saturated rings. The Labute approximate surface area is 93.9 Å². The van der Waals surface area contributed by atoms with E-state index in [-0.39, 0.29) is 11.2 Å². The molecule has 0 radical (unpaired) electrons. The van der Waals surface area contributed by atoms with Gasteiger partial charge in [0.25, 0.3) is 0 Å². The topological polar surface area (TPSA) is 75.1 Å². The smallest absolute Gasteiger partial charge is 0.354 e. The van der Waals surface area contributed by atoms with Crippen LogP contribution in [0.25, 0.3) is 0 Å². The number of hydrogen-bond donors (Lipinski definition) is 2. The van der Waals surface area contributed by atoms with Crippen LogP contribution in [0.2, 0.25) is 0 Å². The van der Waals surface area contributed by atoms with Crippen LogP contribution in [0.15, 0.2) is 12.3 Å². The van der Waals surface area contributed by atoms with Gasteiger partial charge in [0.1, 0.15) is 0 Å². The second-order valence-corrected chi connectivity index (χ2v) is 4.18. The zero-order valence-corrected chi connectivity index (χ0v) is 9.23. The van der Waals surface area contributed by atoms with E-state index < -0.39 is 5.97 Å². The lowest BCUT2D eigenvalue weighted by molar-refractivity contribution is 0.0690. The SMILES string of the molecule is CCC1(Nc2nccc(C(=O)O)n2)CCC1. The molecule has 5 nitrogen and oxygen atoms in total. The molecular formula is C11H15N3O2. The van der Waals surface area contributed by atoms with Gasteiger partial charge in [-0.1, -0.05) is 6.92 Å². The fraction of sp³-hybridized carbons (Fsp3) is 0.545. The van der Waals surface area contributed by atoms with Crippen molar-refractivity contribution in [3.8, 4) is 0 Å². The fourth-order valence-electron chi connectivity index (χ4n) is 1.95. The van der Waals surface area contributed by atoms with Gasteiger partial charge in [0.05, 0.1) is 0 Å². The van der Waals surface area contributed by atoms with Crippen LogP contribution < -0.4 is 5.32 Å². The van der Waals surface area contributed by atoms with Crippen LogP contribution in [-0.4, -0.2) is 26.6 Å². The average Bonchev–Trinajstić information content (AvgIpc) is 2.24. The Balaban J connectivity index is 2.15. The second-order valence-electron chi connectivity index (χ2n) is 4.18. The van der Waals surface area contributed by atoms with Gasteiger partial charge in [-0.25, -0.2) is 14.8 Å². The molecule has 1 aromatic heterocycles. The Morgan fingerprint density at radius 2 is 2.38 bits per heavy atom. The highest BCUT2D eigenvalue weighted by Gasteiger charge is 2.35. The normalized spacial score (nSPS) is 17.6. The number of aromatic nitrogens is 2. The summed E-state index contributed by atoms with van der Waals surface area (Å²) >= 11 is 0. The van der Waals surface area contributed by atoms with E-state index in [9.17, 15) is 4.79 Å². The molecule has 0 atom stereocenters. The molecule has 1 heterocycles. The molecule has 0 bridgehead atoms. The average molecular weight is 221 g/mol. The summed E-state index contributed by atoms with van der Waals surface area (Å²) in [4.78, 5) is 18.8. The zero-order valence-electron chi connectivity index (χ0n) is 9.23. The van der Waals surface area contributed by atoms with Crippen molar-refractivity contribution in [1.29, 1.82) is 0 Å². The number of nitrogens with one attached hydrogen (secondary N) is 1. The molecule has 5 heteroatoms. The van der Waals surface area contributed by atoms with Crippen LogP contribution in [0, 0.1) is 0 Å². The molecule has 0 unspecified atom stereocenters. The molecule has 1 aromatic rings. The second kappa shape index (κ2) is 4.08. The van der Waals surface area contributed by atoms with Crippen LogP contribution in [0.1, 0.15) is 43.1 Å². The van der Waals surface area contributed by atoms with Gasteiger partial charge in [-0.2, -0.15) is 0 Å². The standard InChI is InChI=1S/C11H15N3O2/c1-2-11(5-3-6-11)14-10-12-7-4-8(13-10)9(15)16/h4,7H,2-3,5-6H2,1H3,(H,15,16)(H,12,13,14). The van der Waals surface area contributed by atoms with E-state index >= 15 is 0 Å². The molecule has 16 heavy (non-hydrogen) atoms. The maximum Gasteiger partial charge on any atom is 0.354 e. The first-order valence-electron chi connectivity index (χ1n) is 5.50. The molecular weight excluding hydrogens is 206 g/mol. The highest BCUT2D eigenvalue weighted by atomic mass is 16.4. The van der Waals surface area contributed by atoms with Crippen molar-refractivity contribution in [2.75, 3.05) is 5.32 Å². The van der Waals surface area contributed by atoms with E-state index in [1.165, 1.54) is 18.7 Å². The summed E-state index contributed by atoms with van der Waals surface area (Å²) in [6, 6.07) is 1.40. The van der Waals surface area contributed by atoms with Crippen molar-refractivity contribution in [2.24, 2.45) is 0 Å². The Morgan fingerprint density at radius 3 is 2.88 bits per heavy atom. The van der Waals surface area contributed by atoms with Crippen molar-refractivity contribution in [1.82, 2.24) is 9.97 Å². The fourth-order valence-corrected chi connectivity index (χ4v) is 1.95. The van der Waals surface area contributed by atoms with E-state index in [1.54, 1.807) is 0 Å². The van der Waals surface area contributed by atoms with Crippen molar-refractivity contribution in [2.45, 2.75) is 38.1 Å². The Kier molecular flexibility index (Phi) is 2.77. The first-order valence-corrected chi connectivity index (χ1v) is 5.50. The minimum atomic E-state index is -1.02. The van der Waals surface area contributed by atoms with E-state index in [1.807, 2.05) is 0 Å². The van der Waals surface area contributed by atoms with Crippen molar-refractivity contribution < 1.29 is 9.90 Å². The van der Waals surface area contributed by atoms with E-state index in [4.69, 9.17) is 5.11 Å². The third kappa shape index (κ3) is 1.98. The highest BCUT2D eigenvalue weighted by molar-refractivity contribution is 5.85. The lowest BCUT2D eigenvalue weighted by Crippen LogP contribution is -2.44. The van der Waals surface area contributed by atoms with Gasteiger partial charge < -0.3 is 10.4 Å². The molecule has 0 aliphatic heterocycles. The molecule has 0 aromatic carbocycles. The summed E-state index contributed by atoms with van der Waals surface area (Å²) < 4.78 is 0. The summed E-state index contributed by atoms with van der Waals surface area (Å²) in [5.74, 6) is -0.606. The maximum atomic E-state index is 10.8. The number of carbonyl (C=O) groups is 1.